The van der Waals surface area contributed by atoms with Crippen molar-refractivity contribution >= 4 is 0 Å². The molecule has 0 radical (unpaired) electrons. The van der Waals surface area contributed by atoms with Gasteiger partial charge in [-0.25, -0.2) is 18.7 Å². The van der Waals surface area contributed by atoms with E-state index >= 15 is 0 Å². The van der Waals surface area contributed by atoms with E-state index in [0.717, 1.165) is 12.5 Å². The first kappa shape index (κ1) is 9.98. The summed E-state index contributed by atoms with van der Waals surface area (Å²) in [6.45, 7) is 2.81. The number of aromatic nitrogens is 2. The van der Waals surface area contributed by atoms with Crippen molar-refractivity contribution in [1.29, 1.82) is 0 Å². The molecule has 0 unspecified atom stereocenters. The molecule has 13 heavy (non-hydrogen) atoms. The van der Waals surface area contributed by atoms with Gasteiger partial charge < -0.3 is 5.11 Å². The molecule has 1 N–H and O–H groups in total. The Morgan fingerprint density at radius 2 is 2.08 bits per heavy atom. The maximum atomic E-state index is 12.4. The molecule has 1 rings (SSSR count). The maximum Gasteiger partial charge on any atom is 0.267 e. The Kier molecular flexibility index (Phi) is 2.56. The van der Waals surface area contributed by atoms with Crippen LogP contribution in [-0.4, -0.2) is 15.1 Å². The molecule has 3 nitrogen and oxygen atoms in total. The molecule has 1 aromatic heterocycles. The fourth-order valence-electron chi connectivity index (χ4n) is 1.01. The topological polar surface area (TPSA) is 46.0 Å². The van der Waals surface area contributed by atoms with E-state index < -0.39 is 12.0 Å². The quantitative estimate of drug-likeness (QED) is 0.767. The van der Waals surface area contributed by atoms with Gasteiger partial charge in [-0.05, 0) is 13.8 Å². The van der Waals surface area contributed by atoms with E-state index in [4.69, 9.17) is 0 Å². The predicted molar refractivity (Wildman–Crippen MR) is 42.2 cm³/mol. The number of halogens is 2. The van der Waals surface area contributed by atoms with Crippen LogP contribution in [0.5, 0.6) is 0 Å². The Labute approximate surface area is 74.5 Å². The van der Waals surface area contributed by atoms with Gasteiger partial charge in [0.2, 0.25) is 0 Å². The third kappa shape index (κ3) is 2.18. The van der Waals surface area contributed by atoms with E-state index in [-0.39, 0.29) is 11.3 Å². The van der Waals surface area contributed by atoms with E-state index in [0.29, 0.717) is 0 Å². The second-order valence-corrected chi connectivity index (χ2v) is 3.19. The lowest BCUT2D eigenvalue weighted by atomic mass is 10.0. The lowest BCUT2D eigenvalue weighted by molar-refractivity contribution is 0.0648. The van der Waals surface area contributed by atoms with Gasteiger partial charge in [0.1, 0.15) is 11.9 Å². The number of aliphatic hydroxyl groups is 1. The van der Waals surface area contributed by atoms with E-state index in [1.807, 2.05) is 0 Å². The number of hydrogen-bond donors (Lipinski definition) is 1. The average Bonchev–Trinajstić information content (AvgIpc) is 2.03. The van der Waals surface area contributed by atoms with Crippen molar-refractivity contribution in [2.45, 2.75) is 25.9 Å². The second kappa shape index (κ2) is 3.33. The van der Waals surface area contributed by atoms with Crippen LogP contribution in [0.25, 0.3) is 0 Å². The van der Waals surface area contributed by atoms with Gasteiger partial charge >= 0.3 is 0 Å². The lowest BCUT2D eigenvalue weighted by Gasteiger charge is -2.18. The van der Waals surface area contributed by atoms with Gasteiger partial charge in [-0.1, -0.05) is 0 Å². The number of alkyl halides is 2. The molecular weight excluding hydrogens is 178 g/mol. The zero-order chi connectivity index (χ0) is 10.1. The molecule has 0 fully saturated rings. The monoisotopic (exact) mass is 188 g/mol. The lowest BCUT2D eigenvalue weighted by Crippen LogP contribution is -2.20. The molecule has 0 aliphatic heterocycles. The van der Waals surface area contributed by atoms with Crippen molar-refractivity contribution in [3.63, 3.8) is 0 Å². The summed E-state index contributed by atoms with van der Waals surface area (Å²) in [6.07, 6.45) is -0.507. The number of nitrogens with zero attached hydrogens (tertiary/aromatic N) is 2. The average molecular weight is 188 g/mol. The standard InChI is InChI=1S/C8H10F2N2O/c1-8(2,13)6-5(7(9)10)3-11-4-12-6/h3-4,7,13H,1-2H3. The minimum absolute atomic E-state index is 0.0301. The zero-order valence-corrected chi connectivity index (χ0v) is 7.33. The van der Waals surface area contributed by atoms with Gasteiger partial charge in [0.25, 0.3) is 6.43 Å². The van der Waals surface area contributed by atoms with Crippen LogP contribution in [0.1, 0.15) is 31.5 Å². The number of hydrogen-bond acceptors (Lipinski definition) is 3. The Hall–Kier alpha value is -1.10. The van der Waals surface area contributed by atoms with Crippen LogP contribution in [0.2, 0.25) is 0 Å². The predicted octanol–water partition coefficient (Wildman–Crippen LogP) is 1.64. The Balaban J connectivity index is 3.20. The summed E-state index contributed by atoms with van der Waals surface area (Å²) in [7, 11) is 0. The fraction of sp³-hybridized carbons (Fsp3) is 0.500. The van der Waals surface area contributed by atoms with Gasteiger partial charge in [0.15, 0.2) is 0 Å². The molecule has 0 saturated carbocycles. The second-order valence-electron chi connectivity index (χ2n) is 3.19. The molecule has 0 aliphatic carbocycles. The molecule has 1 heterocycles. The molecule has 0 saturated heterocycles. The first-order valence-electron chi connectivity index (χ1n) is 3.74. The Morgan fingerprint density at radius 1 is 1.46 bits per heavy atom. The summed E-state index contributed by atoms with van der Waals surface area (Å²) >= 11 is 0. The highest BCUT2D eigenvalue weighted by atomic mass is 19.3. The van der Waals surface area contributed by atoms with Crippen LogP contribution < -0.4 is 0 Å². The van der Waals surface area contributed by atoms with E-state index in [9.17, 15) is 13.9 Å². The molecular formula is C8H10F2N2O. The van der Waals surface area contributed by atoms with Gasteiger partial charge in [0.05, 0.1) is 11.3 Å². The van der Waals surface area contributed by atoms with Crippen LogP contribution in [-0.2, 0) is 5.60 Å². The molecule has 0 amide bonds. The van der Waals surface area contributed by atoms with Crippen LogP contribution >= 0.6 is 0 Å². The molecule has 0 aromatic carbocycles. The van der Waals surface area contributed by atoms with E-state index in [1.54, 1.807) is 0 Å². The molecule has 0 bridgehead atoms. The van der Waals surface area contributed by atoms with Crippen molar-refractivity contribution in [2.75, 3.05) is 0 Å². The Bertz CT molecular complexity index is 296. The highest BCUT2D eigenvalue weighted by Gasteiger charge is 2.25. The zero-order valence-electron chi connectivity index (χ0n) is 7.33. The van der Waals surface area contributed by atoms with Crippen LogP contribution in [0.15, 0.2) is 12.5 Å². The molecule has 1 aromatic rings. The highest BCUT2D eigenvalue weighted by molar-refractivity contribution is 5.22. The van der Waals surface area contributed by atoms with Crippen molar-refractivity contribution in [2.24, 2.45) is 0 Å². The highest BCUT2D eigenvalue weighted by Crippen LogP contribution is 2.27. The first-order chi connectivity index (χ1) is 5.93. The minimum atomic E-state index is -2.66. The molecule has 72 valence electrons. The van der Waals surface area contributed by atoms with Crippen LogP contribution in [0, 0.1) is 0 Å². The summed E-state index contributed by atoms with van der Waals surface area (Å²) < 4.78 is 24.7. The Morgan fingerprint density at radius 3 is 2.46 bits per heavy atom. The summed E-state index contributed by atoms with van der Waals surface area (Å²) in [5.41, 5.74) is -1.72. The third-order valence-electron chi connectivity index (χ3n) is 1.56. The normalized spacial score (nSPS) is 12.2. The third-order valence-corrected chi connectivity index (χ3v) is 1.56. The summed E-state index contributed by atoms with van der Waals surface area (Å²) in [5, 5.41) is 9.50. The van der Waals surface area contributed by atoms with Crippen LogP contribution in [0.3, 0.4) is 0 Å². The largest absolute Gasteiger partial charge is 0.384 e. The van der Waals surface area contributed by atoms with Gasteiger partial charge in [-0.15, -0.1) is 0 Å². The van der Waals surface area contributed by atoms with Crippen molar-refractivity contribution in [1.82, 2.24) is 9.97 Å². The van der Waals surface area contributed by atoms with Crippen molar-refractivity contribution in [3.05, 3.63) is 23.8 Å². The summed E-state index contributed by atoms with van der Waals surface area (Å²) in [6, 6.07) is 0. The van der Waals surface area contributed by atoms with Crippen LogP contribution in [0.4, 0.5) is 8.78 Å². The smallest absolute Gasteiger partial charge is 0.267 e. The molecule has 0 spiro atoms. The molecule has 5 heteroatoms. The van der Waals surface area contributed by atoms with Crippen molar-refractivity contribution in [3.8, 4) is 0 Å². The molecule has 0 aliphatic rings. The van der Waals surface area contributed by atoms with E-state index in [2.05, 4.69) is 9.97 Å². The van der Waals surface area contributed by atoms with Gasteiger partial charge in [0, 0.05) is 6.20 Å². The summed E-state index contributed by atoms with van der Waals surface area (Å²) in [4.78, 5) is 7.11. The SMILES string of the molecule is CC(C)(O)c1ncncc1C(F)F. The maximum absolute atomic E-state index is 12.4. The van der Waals surface area contributed by atoms with Gasteiger partial charge in [-0.3, -0.25) is 0 Å². The van der Waals surface area contributed by atoms with Crippen molar-refractivity contribution < 1.29 is 13.9 Å². The molecule has 0 atom stereocenters. The van der Waals surface area contributed by atoms with Gasteiger partial charge in [-0.2, -0.15) is 0 Å². The fourth-order valence-corrected chi connectivity index (χ4v) is 1.01. The minimum Gasteiger partial charge on any atom is -0.384 e. The summed E-state index contributed by atoms with van der Waals surface area (Å²) in [5.74, 6) is 0. The van der Waals surface area contributed by atoms with E-state index in [1.165, 1.54) is 13.8 Å². The number of rotatable bonds is 2. The first-order valence-corrected chi connectivity index (χ1v) is 3.74.